The third kappa shape index (κ3) is 2.68. The minimum absolute atomic E-state index is 0.121. The predicted octanol–water partition coefficient (Wildman–Crippen LogP) is 2.75. The van der Waals surface area contributed by atoms with E-state index < -0.39 is 0 Å². The number of hydrogen-bond acceptors (Lipinski definition) is 2. The Morgan fingerprint density at radius 2 is 2.18 bits per heavy atom. The summed E-state index contributed by atoms with van der Waals surface area (Å²) in [6.07, 6.45) is 1.80. The Balaban J connectivity index is 2.20. The Morgan fingerprint density at radius 1 is 1.41 bits per heavy atom. The molecule has 0 saturated carbocycles. The lowest BCUT2D eigenvalue weighted by Gasteiger charge is -2.06. The summed E-state index contributed by atoms with van der Waals surface area (Å²) in [5, 5.41) is 12.0. The number of nitrogens with one attached hydrogen (secondary N) is 1. The van der Waals surface area contributed by atoms with Gasteiger partial charge in [-0.2, -0.15) is 0 Å². The zero-order chi connectivity index (χ0) is 12.4. The third-order valence-corrected chi connectivity index (χ3v) is 2.74. The number of benzene rings is 1. The summed E-state index contributed by atoms with van der Waals surface area (Å²) in [5.74, 6) is -0.0975. The van der Waals surface area contributed by atoms with Gasteiger partial charge in [0.05, 0.1) is 0 Å². The zero-order valence-corrected chi connectivity index (χ0v) is 10.7. The van der Waals surface area contributed by atoms with Crippen LogP contribution in [0.1, 0.15) is 10.5 Å². The molecule has 2 rings (SSSR count). The standard InChI is InChI=1S/C12H11BrN2O2/c1-15-7-8(13)5-11(15)12(17)14-9-3-2-4-10(16)6-9/h2-7,16H,1H3,(H,14,17). The molecule has 0 aliphatic carbocycles. The SMILES string of the molecule is Cn1cc(Br)cc1C(=O)Nc1cccc(O)c1. The number of rotatable bonds is 2. The molecule has 0 saturated heterocycles. The summed E-state index contributed by atoms with van der Waals surface area (Å²) in [4.78, 5) is 11.9. The molecule has 0 aliphatic rings. The molecule has 0 bridgehead atoms. The topological polar surface area (TPSA) is 54.3 Å². The Morgan fingerprint density at radius 3 is 2.76 bits per heavy atom. The maximum atomic E-state index is 11.9. The van der Waals surface area contributed by atoms with Gasteiger partial charge in [0.2, 0.25) is 0 Å². The van der Waals surface area contributed by atoms with Crippen LogP contribution in [-0.4, -0.2) is 15.6 Å². The van der Waals surface area contributed by atoms with Gasteiger partial charge in [0.1, 0.15) is 11.4 Å². The minimum atomic E-state index is -0.219. The molecule has 88 valence electrons. The Labute approximate surface area is 107 Å². The summed E-state index contributed by atoms with van der Waals surface area (Å²) in [6, 6.07) is 8.17. The van der Waals surface area contributed by atoms with Crippen molar-refractivity contribution < 1.29 is 9.90 Å². The van der Waals surface area contributed by atoms with Gasteiger partial charge in [-0.1, -0.05) is 6.07 Å². The lowest BCUT2D eigenvalue weighted by atomic mass is 10.3. The van der Waals surface area contributed by atoms with E-state index in [4.69, 9.17) is 0 Å². The first-order chi connectivity index (χ1) is 8.06. The summed E-state index contributed by atoms with van der Waals surface area (Å²) >= 11 is 3.31. The van der Waals surface area contributed by atoms with Gasteiger partial charge in [-0.05, 0) is 34.1 Å². The first-order valence-electron chi connectivity index (χ1n) is 4.98. The van der Waals surface area contributed by atoms with E-state index in [0.717, 1.165) is 4.47 Å². The molecule has 0 unspecified atom stereocenters. The lowest BCUT2D eigenvalue weighted by Crippen LogP contribution is -2.15. The average Bonchev–Trinajstić information content (AvgIpc) is 2.58. The van der Waals surface area contributed by atoms with Crippen molar-refractivity contribution in [2.75, 3.05) is 5.32 Å². The number of phenolic OH excluding ortho intramolecular Hbond substituents is 1. The maximum Gasteiger partial charge on any atom is 0.272 e. The van der Waals surface area contributed by atoms with Crippen LogP contribution in [0.15, 0.2) is 41.0 Å². The number of nitrogens with zero attached hydrogens (tertiary/aromatic N) is 1. The average molecular weight is 295 g/mol. The van der Waals surface area contributed by atoms with Gasteiger partial charge in [-0.3, -0.25) is 4.79 Å². The van der Waals surface area contributed by atoms with Crippen molar-refractivity contribution in [3.63, 3.8) is 0 Å². The quantitative estimate of drug-likeness (QED) is 0.895. The van der Waals surface area contributed by atoms with E-state index in [1.165, 1.54) is 6.07 Å². The van der Waals surface area contributed by atoms with E-state index >= 15 is 0 Å². The van der Waals surface area contributed by atoms with E-state index in [-0.39, 0.29) is 11.7 Å². The molecular weight excluding hydrogens is 284 g/mol. The van der Waals surface area contributed by atoms with E-state index in [1.54, 1.807) is 42.1 Å². The van der Waals surface area contributed by atoms with Gasteiger partial charge >= 0.3 is 0 Å². The van der Waals surface area contributed by atoms with Gasteiger partial charge in [-0.25, -0.2) is 0 Å². The van der Waals surface area contributed by atoms with Crippen molar-refractivity contribution in [3.05, 3.63) is 46.7 Å². The van der Waals surface area contributed by atoms with Crippen LogP contribution < -0.4 is 5.32 Å². The molecular formula is C12H11BrN2O2. The van der Waals surface area contributed by atoms with Gasteiger partial charge < -0.3 is 15.0 Å². The largest absolute Gasteiger partial charge is 0.508 e. The number of aromatic nitrogens is 1. The first kappa shape index (κ1) is 11.7. The van der Waals surface area contributed by atoms with E-state index in [1.807, 2.05) is 0 Å². The molecule has 1 aromatic heterocycles. The van der Waals surface area contributed by atoms with E-state index in [2.05, 4.69) is 21.2 Å². The number of hydrogen-bond donors (Lipinski definition) is 2. The Bertz CT molecular complexity index is 563. The van der Waals surface area contributed by atoms with Crippen LogP contribution in [-0.2, 0) is 7.05 Å². The van der Waals surface area contributed by atoms with Gasteiger partial charge in [0.25, 0.3) is 5.91 Å². The van der Waals surface area contributed by atoms with Crippen LogP contribution in [0.5, 0.6) is 5.75 Å². The van der Waals surface area contributed by atoms with Crippen molar-refractivity contribution in [2.24, 2.45) is 7.05 Å². The number of halogens is 1. The number of carbonyl (C=O) groups is 1. The predicted molar refractivity (Wildman–Crippen MR) is 69.2 cm³/mol. The lowest BCUT2D eigenvalue weighted by molar-refractivity contribution is 0.101. The smallest absolute Gasteiger partial charge is 0.272 e. The molecule has 0 aliphatic heterocycles. The molecule has 0 spiro atoms. The molecule has 2 aromatic rings. The molecule has 0 fully saturated rings. The van der Waals surface area contributed by atoms with E-state index in [9.17, 15) is 9.90 Å². The fraction of sp³-hybridized carbons (Fsp3) is 0.0833. The molecule has 17 heavy (non-hydrogen) atoms. The van der Waals surface area contributed by atoms with Crippen LogP contribution in [0.25, 0.3) is 0 Å². The molecule has 2 N–H and O–H groups in total. The number of carbonyl (C=O) groups excluding carboxylic acids is 1. The number of aromatic hydroxyl groups is 1. The van der Waals surface area contributed by atoms with Gasteiger partial charge in [0.15, 0.2) is 0 Å². The fourth-order valence-corrected chi connectivity index (χ4v) is 2.05. The number of anilines is 1. The second-order valence-electron chi connectivity index (χ2n) is 3.66. The second kappa shape index (κ2) is 4.63. The van der Waals surface area contributed by atoms with Crippen LogP contribution in [0.3, 0.4) is 0 Å². The van der Waals surface area contributed by atoms with Crippen molar-refractivity contribution in [1.29, 1.82) is 0 Å². The molecule has 1 amide bonds. The molecule has 4 nitrogen and oxygen atoms in total. The highest BCUT2D eigenvalue weighted by Crippen LogP contribution is 2.18. The number of amides is 1. The molecule has 1 aromatic carbocycles. The summed E-state index contributed by atoms with van der Waals surface area (Å²) in [5.41, 5.74) is 1.10. The number of aryl methyl sites for hydroxylation is 1. The van der Waals surface area contributed by atoms with Crippen LogP contribution in [0.4, 0.5) is 5.69 Å². The summed E-state index contributed by atoms with van der Waals surface area (Å²) in [7, 11) is 1.79. The second-order valence-corrected chi connectivity index (χ2v) is 4.57. The zero-order valence-electron chi connectivity index (χ0n) is 9.14. The summed E-state index contributed by atoms with van der Waals surface area (Å²) in [6.45, 7) is 0. The molecule has 0 atom stereocenters. The van der Waals surface area contributed by atoms with Crippen molar-refractivity contribution in [2.45, 2.75) is 0 Å². The van der Waals surface area contributed by atoms with Crippen molar-refractivity contribution in [3.8, 4) is 5.75 Å². The third-order valence-electron chi connectivity index (χ3n) is 2.31. The Hall–Kier alpha value is -1.75. The molecule has 5 heteroatoms. The van der Waals surface area contributed by atoms with Gasteiger partial charge in [-0.15, -0.1) is 0 Å². The minimum Gasteiger partial charge on any atom is -0.508 e. The highest BCUT2D eigenvalue weighted by atomic mass is 79.9. The van der Waals surface area contributed by atoms with E-state index in [0.29, 0.717) is 11.4 Å². The normalized spacial score (nSPS) is 10.2. The number of phenols is 1. The summed E-state index contributed by atoms with van der Waals surface area (Å²) < 4.78 is 2.57. The van der Waals surface area contributed by atoms with Gasteiger partial charge in [0, 0.05) is 29.5 Å². The van der Waals surface area contributed by atoms with Crippen LogP contribution in [0, 0.1) is 0 Å². The molecule has 0 radical (unpaired) electrons. The maximum absolute atomic E-state index is 11.9. The first-order valence-corrected chi connectivity index (χ1v) is 5.78. The van der Waals surface area contributed by atoms with Crippen molar-refractivity contribution in [1.82, 2.24) is 4.57 Å². The van der Waals surface area contributed by atoms with Crippen LogP contribution >= 0.6 is 15.9 Å². The van der Waals surface area contributed by atoms with Crippen molar-refractivity contribution >= 4 is 27.5 Å². The fourth-order valence-electron chi connectivity index (χ4n) is 1.53. The highest BCUT2D eigenvalue weighted by molar-refractivity contribution is 9.10. The monoisotopic (exact) mass is 294 g/mol. The Kier molecular flexibility index (Phi) is 3.19. The van der Waals surface area contributed by atoms with Crippen LogP contribution in [0.2, 0.25) is 0 Å². The molecule has 1 heterocycles. The highest BCUT2D eigenvalue weighted by Gasteiger charge is 2.11.